The normalized spacial score (nSPS) is 18.7. The standard InChI is InChI=1S/C16H19N3O/c20-16(15-8-1-2-9-17-15)18-13-6-5-7-14(12-13)19-10-3-4-11-19/h3-7,10-12,15,17H,1-2,8-9H2,(H,18,20)/t15-/m1/s1. The largest absolute Gasteiger partial charge is 0.325 e. The number of aromatic nitrogens is 1. The Hall–Kier alpha value is -2.07. The van der Waals surface area contributed by atoms with E-state index in [4.69, 9.17) is 0 Å². The molecule has 4 nitrogen and oxygen atoms in total. The Labute approximate surface area is 118 Å². The summed E-state index contributed by atoms with van der Waals surface area (Å²) in [6, 6.07) is 11.8. The second-order valence-corrected chi connectivity index (χ2v) is 5.13. The molecule has 1 aliphatic heterocycles. The molecule has 1 aromatic heterocycles. The molecule has 104 valence electrons. The molecule has 1 atom stereocenters. The highest BCUT2D eigenvalue weighted by Gasteiger charge is 2.20. The number of piperidine rings is 1. The Morgan fingerprint density at radius 1 is 1.20 bits per heavy atom. The highest BCUT2D eigenvalue weighted by Crippen LogP contribution is 2.16. The van der Waals surface area contributed by atoms with Crippen LogP contribution < -0.4 is 10.6 Å². The van der Waals surface area contributed by atoms with Crippen LogP contribution >= 0.6 is 0 Å². The van der Waals surface area contributed by atoms with Gasteiger partial charge in [0.05, 0.1) is 6.04 Å². The Bertz CT molecular complexity index is 571. The van der Waals surface area contributed by atoms with Crippen molar-refractivity contribution in [2.45, 2.75) is 25.3 Å². The predicted molar refractivity (Wildman–Crippen MR) is 80.0 cm³/mol. The zero-order valence-electron chi connectivity index (χ0n) is 11.4. The first kappa shape index (κ1) is 12.9. The molecule has 0 bridgehead atoms. The van der Waals surface area contributed by atoms with E-state index in [2.05, 4.69) is 10.6 Å². The van der Waals surface area contributed by atoms with E-state index < -0.39 is 0 Å². The predicted octanol–water partition coefficient (Wildman–Crippen LogP) is 2.56. The summed E-state index contributed by atoms with van der Waals surface area (Å²) >= 11 is 0. The molecule has 0 spiro atoms. The van der Waals surface area contributed by atoms with E-state index in [0.29, 0.717) is 0 Å². The molecular formula is C16H19N3O. The minimum atomic E-state index is -0.0565. The minimum absolute atomic E-state index is 0.0565. The van der Waals surface area contributed by atoms with Crippen LogP contribution in [0.25, 0.3) is 5.69 Å². The third-order valence-electron chi connectivity index (χ3n) is 3.64. The molecule has 1 aliphatic rings. The quantitative estimate of drug-likeness (QED) is 0.899. The van der Waals surface area contributed by atoms with Crippen LogP contribution in [0.4, 0.5) is 5.69 Å². The van der Waals surface area contributed by atoms with Crippen LogP contribution in [0.3, 0.4) is 0 Å². The molecule has 1 fully saturated rings. The van der Waals surface area contributed by atoms with Crippen LogP contribution in [-0.2, 0) is 4.79 Å². The molecule has 2 aromatic rings. The average molecular weight is 269 g/mol. The summed E-state index contributed by atoms with van der Waals surface area (Å²) in [7, 11) is 0. The van der Waals surface area contributed by atoms with Crippen molar-refractivity contribution in [2.75, 3.05) is 11.9 Å². The van der Waals surface area contributed by atoms with Crippen molar-refractivity contribution in [1.29, 1.82) is 0 Å². The van der Waals surface area contributed by atoms with E-state index >= 15 is 0 Å². The van der Waals surface area contributed by atoms with Gasteiger partial charge >= 0.3 is 0 Å². The SMILES string of the molecule is O=C(Nc1cccc(-n2cccc2)c1)[C@H]1CCCCN1. The summed E-state index contributed by atoms with van der Waals surface area (Å²) in [5.41, 5.74) is 1.89. The molecule has 0 saturated carbocycles. The van der Waals surface area contributed by atoms with Crippen molar-refractivity contribution in [2.24, 2.45) is 0 Å². The van der Waals surface area contributed by atoms with Gasteiger partial charge in [0.15, 0.2) is 0 Å². The Morgan fingerprint density at radius 3 is 2.80 bits per heavy atom. The summed E-state index contributed by atoms with van der Waals surface area (Å²) in [6.07, 6.45) is 7.18. The number of amides is 1. The van der Waals surface area contributed by atoms with Gasteiger partial charge in [-0.3, -0.25) is 4.79 Å². The van der Waals surface area contributed by atoms with Crippen molar-refractivity contribution in [3.8, 4) is 5.69 Å². The van der Waals surface area contributed by atoms with Gasteiger partial charge in [-0.2, -0.15) is 0 Å². The Balaban J connectivity index is 1.71. The fraction of sp³-hybridized carbons (Fsp3) is 0.312. The lowest BCUT2D eigenvalue weighted by Crippen LogP contribution is -2.43. The van der Waals surface area contributed by atoms with Gasteiger partial charge in [-0.25, -0.2) is 0 Å². The lowest BCUT2D eigenvalue weighted by atomic mass is 10.0. The summed E-state index contributed by atoms with van der Waals surface area (Å²) < 4.78 is 2.02. The topological polar surface area (TPSA) is 46.1 Å². The molecule has 20 heavy (non-hydrogen) atoms. The van der Waals surface area contributed by atoms with Crippen molar-refractivity contribution >= 4 is 11.6 Å². The third-order valence-corrected chi connectivity index (χ3v) is 3.64. The van der Waals surface area contributed by atoms with Crippen LogP contribution in [0.5, 0.6) is 0 Å². The number of nitrogens with one attached hydrogen (secondary N) is 2. The molecule has 2 heterocycles. The van der Waals surface area contributed by atoms with E-state index in [1.807, 2.05) is 53.4 Å². The van der Waals surface area contributed by atoms with E-state index in [9.17, 15) is 4.79 Å². The van der Waals surface area contributed by atoms with Gasteiger partial charge in [-0.15, -0.1) is 0 Å². The highest BCUT2D eigenvalue weighted by atomic mass is 16.2. The summed E-state index contributed by atoms with van der Waals surface area (Å²) in [4.78, 5) is 12.2. The Kier molecular flexibility index (Phi) is 3.83. The first-order chi connectivity index (χ1) is 9.83. The van der Waals surface area contributed by atoms with Crippen molar-refractivity contribution in [3.05, 3.63) is 48.8 Å². The number of hydrogen-bond donors (Lipinski definition) is 2. The maximum Gasteiger partial charge on any atom is 0.241 e. The average Bonchev–Trinajstić information content (AvgIpc) is 3.03. The summed E-state index contributed by atoms with van der Waals surface area (Å²) in [5.74, 6) is 0.0642. The maximum atomic E-state index is 12.2. The lowest BCUT2D eigenvalue weighted by molar-refractivity contribution is -0.118. The van der Waals surface area contributed by atoms with E-state index in [1.54, 1.807) is 0 Å². The van der Waals surface area contributed by atoms with Gasteiger partial charge in [0.2, 0.25) is 5.91 Å². The van der Waals surface area contributed by atoms with Crippen molar-refractivity contribution in [1.82, 2.24) is 9.88 Å². The number of carbonyl (C=O) groups excluding carboxylic acids is 1. The van der Waals surface area contributed by atoms with Gasteiger partial charge in [0.25, 0.3) is 0 Å². The molecule has 4 heteroatoms. The number of nitrogens with zero attached hydrogens (tertiary/aromatic N) is 1. The van der Waals surface area contributed by atoms with Gasteiger partial charge in [-0.05, 0) is 49.7 Å². The highest BCUT2D eigenvalue weighted by molar-refractivity contribution is 5.95. The smallest absolute Gasteiger partial charge is 0.241 e. The van der Waals surface area contributed by atoms with Crippen LogP contribution in [0, 0.1) is 0 Å². The zero-order chi connectivity index (χ0) is 13.8. The van der Waals surface area contributed by atoms with Crippen LogP contribution in [0.2, 0.25) is 0 Å². The van der Waals surface area contributed by atoms with Crippen LogP contribution in [-0.4, -0.2) is 23.1 Å². The molecule has 1 amide bonds. The third kappa shape index (κ3) is 2.91. The van der Waals surface area contributed by atoms with Gasteiger partial charge in [0.1, 0.15) is 0 Å². The number of rotatable bonds is 3. The monoisotopic (exact) mass is 269 g/mol. The molecule has 0 radical (unpaired) electrons. The van der Waals surface area contributed by atoms with E-state index in [1.165, 1.54) is 0 Å². The molecule has 1 saturated heterocycles. The first-order valence-electron chi connectivity index (χ1n) is 7.10. The minimum Gasteiger partial charge on any atom is -0.325 e. The fourth-order valence-electron chi connectivity index (χ4n) is 2.56. The van der Waals surface area contributed by atoms with Gasteiger partial charge < -0.3 is 15.2 Å². The number of carbonyl (C=O) groups is 1. The summed E-state index contributed by atoms with van der Waals surface area (Å²) in [6.45, 7) is 0.932. The second kappa shape index (κ2) is 5.92. The number of benzene rings is 1. The first-order valence-corrected chi connectivity index (χ1v) is 7.10. The zero-order valence-corrected chi connectivity index (χ0v) is 11.4. The molecule has 3 rings (SSSR count). The van der Waals surface area contributed by atoms with Crippen molar-refractivity contribution in [3.63, 3.8) is 0 Å². The van der Waals surface area contributed by atoms with Gasteiger partial charge in [-0.1, -0.05) is 12.5 Å². The molecule has 1 aromatic carbocycles. The van der Waals surface area contributed by atoms with E-state index in [0.717, 1.165) is 37.2 Å². The molecular weight excluding hydrogens is 250 g/mol. The number of anilines is 1. The molecule has 0 aliphatic carbocycles. The Morgan fingerprint density at radius 2 is 2.05 bits per heavy atom. The van der Waals surface area contributed by atoms with E-state index in [-0.39, 0.29) is 11.9 Å². The maximum absolute atomic E-state index is 12.2. The number of hydrogen-bond acceptors (Lipinski definition) is 2. The summed E-state index contributed by atoms with van der Waals surface area (Å²) in [5, 5.41) is 6.26. The fourth-order valence-corrected chi connectivity index (χ4v) is 2.56. The van der Waals surface area contributed by atoms with Crippen molar-refractivity contribution < 1.29 is 4.79 Å². The van der Waals surface area contributed by atoms with Crippen LogP contribution in [0.15, 0.2) is 48.8 Å². The molecule has 2 N–H and O–H groups in total. The second-order valence-electron chi connectivity index (χ2n) is 5.13. The molecule has 0 unspecified atom stereocenters. The van der Waals surface area contributed by atoms with Gasteiger partial charge in [0, 0.05) is 23.8 Å². The lowest BCUT2D eigenvalue weighted by Gasteiger charge is -2.22. The van der Waals surface area contributed by atoms with Crippen LogP contribution in [0.1, 0.15) is 19.3 Å².